The molecule has 0 aliphatic carbocycles. The lowest BCUT2D eigenvalue weighted by Crippen LogP contribution is -2.25. The average molecular weight is 359 g/mol. The summed E-state index contributed by atoms with van der Waals surface area (Å²) in [5, 5.41) is 9.14. The molecule has 7 nitrogen and oxygen atoms in total. The number of carbonyl (C=O) groups is 1. The van der Waals surface area contributed by atoms with Crippen LogP contribution in [0.25, 0.3) is 16.7 Å². The maximum atomic E-state index is 12.9. The Hall–Kier alpha value is -2.35. The topological polar surface area (TPSA) is 95.3 Å². The van der Waals surface area contributed by atoms with E-state index in [4.69, 9.17) is 5.73 Å². The summed E-state index contributed by atoms with van der Waals surface area (Å²) in [6.07, 6.45) is 0.862. The Morgan fingerprint density at radius 2 is 1.96 bits per heavy atom. The second-order valence-corrected chi connectivity index (χ2v) is 7.74. The van der Waals surface area contributed by atoms with Crippen LogP contribution in [0.2, 0.25) is 0 Å². The van der Waals surface area contributed by atoms with Crippen LogP contribution in [0.5, 0.6) is 0 Å². The van der Waals surface area contributed by atoms with Crippen LogP contribution in [-0.2, 0) is 11.3 Å². The number of aryl methyl sites for hydroxylation is 1. The minimum Gasteiger partial charge on any atom is -0.369 e. The number of primary amides is 1. The molecule has 25 heavy (non-hydrogen) atoms. The minimum absolute atomic E-state index is 0.0735. The second kappa shape index (κ2) is 6.87. The normalized spacial score (nSPS) is 13.0. The number of benzene rings is 1. The highest BCUT2D eigenvalue weighted by molar-refractivity contribution is 8.00. The van der Waals surface area contributed by atoms with Gasteiger partial charge in [0.05, 0.1) is 16.2 Å². The number of aromatic nitrogens is 4. The Kier molecular flexibility index (Phi) is 4.80. The van der Waals surface area contributed by atoms with Gasteiger partial charge in [0.25, 0.3) is 5.56 Å². The number of carbonyl (C=O) groups excluding carboxylic acids is 1. The maximum absolute atomic E-state index is 12.9. The van der Waals surface area contributed by atoms with E-state index in [1.807, 2.05) is 22.6 Å². The first-order valence-electron chi connectivity index (χ1n) is 8.22. The van der Waals surface area contributed by atoms with E-state index in [0.29, 0.717) is 28.8 Å². The summed E-state index contributed by atoms with van der Waals surface area (Å²) in [6, 6.07) is 7.37. The van der Waals surface area contributed by atoms with Crippen LogP contribution < -0.4 is 11.3 Å². The fraction of sp³-hybridized carbons (Fsp3) is 0.412. The molecule has 3 rings (SSSR count). The third-order valence-corrected chi connectivity index (χ3v) is 5.15. The average Bonchev–Trinajstić information content (AvgIpc) is 2.98. The Labute approximate surface area is 149 Å². The van der Waals surface area contributed by atoms with E-state index in [0.717, 1.165) is 11.9 Å². The predicted octanol–water partition coefficient (Wildman–Crippen LogP) is 2.06. The second-order valence-electron chi connectivity index (χ2n) is 6.44. The van der Waals surface area contributed by atoms with Crippen LogP contribution in [0.1, 0.15) is 27.2 Å². The van der Waals surface area contributed by atoms with Crippen molar-refractivity contribution in [2.75, 3.05) is 0 Å². The Balaban J connectivity index is 2.25. The molecule has 132 valence electrons. The Bertz CT molecular complexity index is 992. The van der Waals surface area contributed by atoms with Crippen LogP contribution in [0.4, 0.5) is 0 Å². The van der Waals surface area contributed by atoms with Gasteiger partial charge in [-0.1, -0.05) is 37.7 Å². The van der Waals surface area contributed by atoms with Crippen LogP contribution in [0, 0.1) is 5.92 Å². The predicted molar refractivity (Wildman–Crippen MR) is 98.7 cm³/mol. The number of hydrogen-bond donors (Lipinski definition) is 1. The summed E-state index contributed by atoms with van der Waals surface area (Å²) >= 11 is 1.24. The van der Waals surface area contributed by atoms with E-state index in [9.17, 15) is 9.59 Å². The maximum Gasteiger partial charge on any atom is 0.262 e. The highest BCUT2D eigenvalue weighted by Gasteiger charge is 2.20. The molecule has 0 saturated carbocycles. The van der Waals surface area contributed by atoms with Crippen molar-refractivity contribution >= 4 is 34.3 Å². The standard InChI is InChI=1S/C17H21N5O2S/c1-10(2)8-9-21-15(24)12-6-4-5-7-13(12)22-16(21)19-20-17(22)25-11(3)14(18)23/h4-7,10-11H,8-9H2,1-3H3,(H2,18,23)/t11-/m0/s1. The molecule has 1 amide bonds. The quantitative estimate of drug-likeness (QED) is 0.680. The van der Waals surface area contributed by atoms with Gasteiger partial charge in [0.1, 0.15) is 0 Å². The van der Waals surface area contributed by atoms with E-state index in [1.165, 1.54) is 11.8 Å². The van der Waals surface area contributed by atoms with Gasteiger partial charge in [-0.3, -0.25) is 18.6 Å². The highest BCUT2D eigenvalue weighted by Crippen LogP contribution is 2.25. The monoisotopic (exact) mass is 359 g/mol. The molecule has 0 saturated heterocycles. The fourth-order valence-electron chi connectivity index (χ4n) is 2.61. The summed E-state index contributed by atoms with van der Waals surface area (Å²) in [5.41, 5.74) is 6.03. The van der Waals surface area contributed by atoms with Crippen molar-refractivity contribution in [3.05, 3.63) is 34.6 Å². The first-order chi connectivity index (χ1) is 11.9. The fourth-order valence-corrected chi connectivity index (χ4v) is 3.42. The number of nitrogens with zero attached hydrogens (tertiary/aromatic N) is 4. The van der Waals surface area contributed by atoms with Crippen LogP contribution >= 0.6 is 11.8 Å². The summed E-state index contributed by atoms with van der Waals surface area (Å²) in [6.45, 7) is 6.52. The SMILES string of the molecule is CC(C)CCn1c(=O)c2ccccc2n2c(S[C@@H](C)C(N)=O)nnc12. The largest absolute Gasteiger partial charge is 0.369 e. The molecule has 0 bridgehead atoms. The molecule has 1 aromatic carbocycles. The van der Waals surface area contributed by atoms with Gasteiger partial charge in [-0.05, 0) is 31.4 Å². The molecule has 8 heteroatoms. The number of para-hydroxylation sites is 1. The lowest BCUT2D eigenvalue weighted by atomic mass is 10.1. The van der Waals surface area contributed by atoms with Crippen molar-refractivity contribution in [3.8, 4) is 0 Å². The van der Waals surface area contributed by atoms with Crippen molar-refractivity contribution in [3.63, 3.8) is 0 Å². The molecule has 0 aliphatic heterocycles. The molecule has 3 aromatic rings. The smallest absolute Gasteiger partial charge is 0.262 e. The molecule has 2 aromatic heterocycles. The number of hydrogen-bond acceptors (Lipinski definition) is 5. The molecule has 2 heterocycles. The molecule has 0 fully saturated rings. The van der Waals surface area contributed by atoms with Crippen molar-refractivity contribution in [1.82, 2.24) is 19.2 Å². The van der Waals surface area contributed by atoms with Gasteiger partial charge < -0.3 is 5.73 Å². The van der Waals surface area contributed by atoms with Crippen molar-refractivity contribution in [2.24, 2.45) is 11.7 Å². The van der Waals surface area contributed by atoms with Crippen LogP contribution in [-0.4, -0.2) is 30.3 Å². The van der Waals surface area contributed by atoms with E-state index in [2.05, 4.69) is 24.0 Å². The third kappa shape index (κ3) is 3.26. The van der Waals surface area contributed by atoms with Crippen molar-refractivity contribution in [1.29, 1.82) is 0 Å². The zero-order valence-corrected chi connectivity index (χ0v) is 15.3. The molecule has 1 atom stereocenters. The third-order valence-electron chi connectivity index (χ3n) is 4.09. The van der Waals surface area contributed by atoms with Crippen molar-refractivity contribution < 1.29 is 4.79 Å². The van der Waals surface area contributed by atoms with E-state index in [1.54, 1.807) is 17.6 Å². The first-order valence-corrected chi connectivity index (χ1v) is 9.10. The Morgan fingerprint density at radius 3 is 2.64 bits per heavy atom. The number of nitrogens with two attached hydrogens (primary N) is 1. The highest BCUT2D eigenvalue weighted by atomic mass is 32.2. The number of thioether (sulfide) groups is 1. The molecule has 0 spiro atoms. The summed E-state index contributed by atoms with van der Waals surface area (Å²) < 4.78 is 3.50. The number of amides is 1. The van der Waals surface area contributed by atoms with Gasteiger partial charge in [0.2, 0.25) is 11.7 Å². The molecular weight excluding hydrogens is 338 g/mol. The van der Waals surface area contributed by atoms with Gasteiger partial charge in [0.15, 0.2) is 5.16 Å². The molecule has 0 aliphatic rings. The van der Waals surface area contributed by atoms with Gasteiger partial charge >= 0.3 is 0 Å². The zero-order chi connectivity index (χ0) is 18.1. The summed E-state index contributed by atoms with van der Waals surface area (Å²) in [4.78, 5) is 24.3. The van der Waals surface area contributed by atoms with Crippen molar-refractivity contribution in [2.45, 2.75) is 44.1 Å². The van der Waals surface area contributed by atoms with Gasteiger partial charge in [-0.2, -0.15) is 0 Å². The number of fused-ring (bicyclic) bond motifs is 3. The van der Waals surface area contributed by atoms with E-state index >= 15 is 0 Å². The molecule has 0 unspecified atom stereocenters. The summed E-state index contributed by atoms with van der Waals surface area (Å²) in [5.74, 6) is 0.535. The molecular formula is C17H21N5O2S. The molecule has 2 N–H and O–H groups in total. The van der Waals surface area contributed by atoms with E-state index < -0.39 is 11.2 Å². The van der Waals surface area contributed by atoms with Gasteiger partial charge in [-0.25, -0.2) is 0 Å². The van der Waals surface area contributed by atoms with E-state index in [-0.39, 0.29) is 5.56 Å². The van der Waals surface area contributed by atoms with Crippen LogP contribution in [0.3, 0.4) is 0 Å². The van der Waals surface area contributed by atoms with Crippen LogP contribution in [0.15, 0.2) is 34.2 Å². The first kappa shape index (κ1) is 17.5. The zero-order valence-electron chi connectivity index (χ0n) is 14.5. The lowest BCUT2D eigenvalue weighted by Gasteiger charge is -2.12. The van der Waals surface area contributed by atoms with Gasteiger partial charge in [-0.15, -0.1) is 10.2 Å². The molecule has 0 radical (unpaired) electrons. The Morgan fingerprint density at radius 1 is 1.24 bits per heavy atom. The lowest BCUT2D eigenvalue weighted by molar-refractivity contribution is -0.117. The van der Waals surface area contributed by atoms with Gasteiger partial charge in [0, 0.05) is 6.54 Å². The summed E-state index contributed by atoms with van der Waals surface area (Å²) in [7, 11) is 0. The minimum atomic E-state index is -0.442. The number of rotatable bonds is 6.